The van der Waals surface area contributed by atoms with Crippen LogP contribution in [0, 0.1) is 17.2 Å². The molecule has 2 fully saturated rings. The van der Waals surface area contributed by atoms with Crippen molar-refractivity contribution >= 4 is 11.9 Å². The van der Waals surface area contributed by atoms with Crippen LogP contribution in [-0.4, -0.2) is 47.7 Å². The first-order chi connectivity index (χ1) is 15.7. The Morgan fingerprint density at radius 1 is 1.06 bits per heavy atom. The summed E-state index contributed by atoms with van der Waals surface area (Å²) in [5.41, 5.74) is 2.88. The maximum Gasteiger partial charge on any atom is 0.410 e. The van der Waals surface area contributed by atoms with E-state index >= 15 is 0 Å². The maximum absolute atomic E-state index is 13.1. The van der Waals surface area contributed by atoms with Gasteiger partial charge in [-0.3, -0.25) is 9.69 Å². The zero-order valence-corrected chi connectivity index (χ0v) is 19.4. The summed E-state index contributed by atoms with van der Waals surface area (Å²) < 4.78 is 11.3. The molecule has 2 saturated heterocycles. The molecule has 2 aliphatic heterocycles. The minimum Gasteiger partial charge on any atom is -0.444 e. The molecule has 2 unspecified atom stereocenters. The van der Waals surface area contributed by atoms with Crippen LogP contribution in [0.25, 0.3) is 11.1 Å². The van der Waals surface area contributed by atoms with E-state index in [1.165, 1.54) is 0 Å². The van der Waals surface area contributed by atoms with Gasteiger partial charge in [0.15, 0.2) is 0 Å². The van der Waals surface area contributed by atoms with E-state index in [1.54, 1.807) is 11.0 Å². The van der Waals surface area contributed by atoms with Crippen molar-refractivity contribution in [3.05, 3.63) is 59.7 Å². The van der Waals surface area contributed by atoms with Crippen LogP contribution in [0.15, 0.2) is 48.5 Å². The Hall–Kier alpha value is -3.17. The average Bonchev–Trinajstić information content (AvgIpc) is 2.77. The topological polar surface area (TPSA) is 79.6 Å². The predicted molar refractivity (Wildman–Crippen MR) is 124 cm³/mol. The Morgan fingerprint density at radius 3 is 2.30 bits per heavy atom. The number of benzene rings is 2. The average molecular weight is 447 g/mol. The van der Waals surface area contributed by atoms with Gasteiger partial charge in [0.05, 0.1) is 36.9 Å². The van der Waals surface area contributed by atoms with Crippen LogP contribution in [0.2, 0.25) is 0 Å². The molecular weight excluding hydrogens is 416 g/mol. The summed E-state index contributed by atoms with van der Waals surface area (Å²) in [4.78, 5) is 27.7. The Morgan fingerprint density at radius 2 is 1.70 bits per heavy atom. The molecule has 2 bridgehead atoms. The molecule has 0 aromatic heterocycles. The van der Waals surface area contributed by atoms with E-state index in [9.17, 15) is 14.9 Å². The van der Waals surface area contributed by atoms with Gasteiger partial charge in [0, 0.05) is 12.3 Å². The standard InChI is InChI=1S/C27H30N2O4/c1-27(2,3)33-26(31)29-22-13-21(14-23(29)17-32-16-22)25(30)12-18-8-10-19(11-9-18)24-7-5-4-6-20(24)15-28/h4-11,21-23H,12-14,16-17H2,1-3H3. The highest BCUT2D eigenvalue weighted by molar-refractivity contribution is 5.84. The van der Waals surface area contributed by atoms with Crippen LogP contribution in [0.3, 0.4) is 0 Å². The van der Waals surface area contributed by atoms with Gasteiger partial charge in [-0.15, -0.1) is 0 Å². The lowest BCUT2D eigenvalue weighted by atomic mass is 9.81. The van der Waals surface area contributed by atoms with Crippen molar-refractivity contribution in [2.75, 3.05) is 13.2 Å². The van der Waals surface area contributed by atoms with Crippen LogP contribution in [0.4, 0.5) is 4.79 Å². The molecule has 172 valence electrons. The second-order valence-electron chi connectivity index (χ2n) is 9.90. The third-order valence-electron chi connectivity index (χ3n) is 6.27. The van der Waals surface area contributed by atoms with E-state index < -0.39 is 5.60 Å². The highest BCUT2D eigenvalue weighted by Gasteiger charge is 2.44. The molecule has 2 aromatic rings. The zero-order valence-electron chi connectivity index (χ0n) is 19.4. The largest absolute Gasteiger partial charge is 0.444 e. The maximum atomic E-state index is 13.1. The third kappa shape index (κ3) is 5.26. The molecule has 6 heteroatoms. The van der Waals surface area contributed by atoms with Crippen molar-refractivity contribution in [1.82, 2.24) is 4.90 Å². The molecule has 0 saturated carbocycles. The number of carbonyl (C=O) groups is 2. The van der Waals surface area contributed by atoms with Crippen LogP contribution >= 0.6 is 0 Å². The monoisotopic (exact) mass is 446 g/mol. The number of nitrogens with zero attached hydrogens (tertiary/aromatic N) is 2. The second kappa shape index (κ2) is 9.36. The van der Waals surface area contributed by atoms with Gasteiger partial charge in [-0.25, -0.2) is 4.79 Å². The number of piperidine rings is 1. The van der Waals surface area contributed by atoms with E-state index in [1.807, 2.05) is 63.2 Å². The minimum absolute atomic E-state index is 0.0958. The molecule has 0 N–H and O–H groups in total. The Bertz CT molecular complexity index is 1050. The second-order valence-corrected chi connectivity index (χ2v) is 9.90. The number of fused-ring (bicyclic) bond motifs is 2. The molecular formula is C27H30N2O4. The van der Waals surface area contributed by atoms with E-state index in [2.05, 4.69) is 6.07 Å². The van der Waals surface area contributed by atoms with Crippen molar-refractivity contribution in [2.24, 2.45) is 5.92 Å². The summed E-state index contributed by atoms with van der Waals surface area (Å²) in [5, 5.41) is 9.34. The van der Waals surface area contributed by atoms with Crippen LogP contribution in [-0.2, 0) is 20.7 Å². The number of nitriles is 1. The van der Waals surface area contributed by atoms with Crippen LogP contribution in [0.5, 0.6) is 0 Å². The summed E-state index contributed by atoms with van der Waals surface area (Å²) in [5.74, 6) is 0.0995. The molecule has 2 aliphatic rings. The molecule has 6 nitrogen and oxygen atoms in total. The quantitative estimate of drug-likeness (QED) is 0.677. The van der Waals surface area contributed by atoms with Gasteiger partial charge in [-0.2, -0.15) is 5.26 Å². The van der Waals surface area contributed by atoms with Crippen molar-refractivity contribution < 1.29 is 19.1 Å². The number of rotatable bonds is 4. The van der Waals surface area contributed by atoms with Gasteiger partial charge in [-0.1, -0.05) is 42.5 Å². The fourth-order valence-corrected chi connectivity index (χ4v) is 4.77. The highest BCUT2D eigenvalue weighted by Crippen LogP contribution is 2.34. The van der Waals surface area contributed by atoms with E-state index in [-0.39, 0.29) is 29.9 Å². The molecule has 1 amide bonds. The molecule has 0 spiro atoms. The minimum atomic E-state index is -0.557. The summed E-state index contributed by atoms with van der Waals surface area (Å²) in [6, 6.07) is 17.3. The van der Waals surface area contributed by atoms with E-state index in [0.717, 1.165) is 16.7 Å². The van der Waals surface area contributed by atoms with E-state index in [0.29, 0.717) is 38.0 Å². The van der Waals surface area contributed by atoms with Gasteiger partial charge in [0.25, 0.3) is 0 Å². The Labute approximate surface area is 195 Å². The molecule has 2 atom stereocenters. The lowest BCUT2D eigenvalue weighted by Crippen LogP contribution is -2.60. The number of ketones is 1. The fraction of sp³-hybridized carbons (Fsp3) is 0.444. The first-order valence-electron chi connectivity index (χ1n) is 11.5. The van der Waals surface area contributed by atoms with Gasteiger partial charge >= 0.3 is 6.09 Å². The molecule has 33 heavy (non-hydrogen) atoms. The smallest absolute Gasteiger partial charge is 0.410 e. The molecule has 2 aromatic carbocycles. The van der Waals surface area contributed by atoms with Gasteiger partial charge < -0.3 is 9.47 Å². The third-order valence-corrected chi connectivity index (χ3v) is 6.27. The van der Waals surface area contributed by atoms with Crippen molar-refractivity contribution in [2.45, 2.75) is 57.7 Å². The fourth-order valence-electron chi connectivity index (χ4n) is 4.77. The lowest BCUT2D eigenvalue weighted by Gasteiger charge is -2.47. The number of amides is 1. The first-order valence-corrected chi connectivity index (χ1v) is 11.5. The number of morpholine rings is 1. The number of hydrogen-bond acceptors (Lipinski definition) is 5. The van der Waals surface area contributed by atoms with Gasteiger partial charge in [0.2, 0.25) is 0 Å². The molecule has 0 radical (unpaired) electrons. The Balaban J connectivity index is 1.42. The first kappa shape index (κ1) is 23.0. The summed E-state index contributed by atoms with van der Waals surface area (Å²) >= 11 is 0. The molecule has 4 rings (SSSR count). The van der Waals surface area contributed by atoms with Crippen LogP contribution in [0.1, 0.15) is 44.7 Å². The number of carbonyl (C=O) groups excluding carboxylic acids is 2. The van der Waals surface area contributed by atoms with Gasteiger partial charge in [-0.05, 0) is 56.4 Å². The normalized spacial score (nSPS) is 22.4. The number of Topliss-reactive ketones (excluding diaryl/α,β-unsaturated/α-hetero) is 1. The Kier molecular flexibility index (Phi) is 6.53. The summed E-state index contributed by atoms with van der Waals surface area (Å²) in [6.07, 6.45) is 1.24. The summed E-state index contributed by atoms with van der Waals surface area (Å²) in [6.45, 7) is 6.45. The molecule has 2 heterocycles. The SMILES string of the molecule is CC(C)(C)OC(=O)N1C2COCC1CC(C(=O)Cc1ccc(-c3ccccc3C#N)cc1)C2. The van der Waals surface area contributed by atoms with Crippen molar-refractivity contribution in [1.29, 1.82) is 5.26 Å². The van der Waals surface area contributed by atoms with Gasteiger partial charge in [0.1, 0.15) is 11.4 Å². The zero-order chi connectivity index (χ0) is 23.6. The highest BCUT2D eigenvalue weighted by atomic mass is 16.6. The molecule has 0 aliphatic carbocycles. The number of ether oxygens (including phenoxy) is 2. The lowest BCUT2D eigenvalue weighted by molar-refractivity contribution is -0.131. The van der Waals surface area contributed by atoms with Crippen LogP contribution < -0.4 is 0 Å². The van der Waals surface area contributed by atoms with Crippen molar-refractivity contribution in [3.8, 4) is 17.2 Å². The number of hydrogen-bond donors (Lipinski definition) is 0. The van der Waals surface area contributed by atoms with Crippen molar-refractivity contribution in [3.63, 3.8) is 0 Å². The summed E-state index contributed by atoms with van der Waals surface area (Å²) in [7, 11) is 0. The predicted octanol–water partition coefficient (Wildman–Crippen LogP) is 4.75. The van der Waals surface area contributed by atoms with E-state index in [4.69, 9.17) is 9.47 Å².